The number of carbonyl (C=O) groups is 1. The van der Waals surface area contributed by atoms with Gasteiger partial charge in [0.15, 0.2) is 17.7 Å². The minimum absolute atomic E-state index is 0.0796. The Morgan fingerprint density at radius 1 is 1.23 bits per heavy atom. The molecule has 116 valence electrons. The van der Waals surface area contributed by atoms with Crippen LogP contribution in [0.1, 0.15) is 18.9 Å². The molecule has 2 aromatic rings. The van der Waals surface area contributed by atoms with Crippen molar-refractivity contribution in [1.29, 1.82) is 0 Å². The molecule has 2 aromatic carbocycles. The molecule has 0 aliphatic rings. The molecule has 0 aromatic heterocycles. The van der Waals surface area contributed by atoms with Crippen LogP contribution >= 0.6 is 11.6 Å². The lowest BCUT2D eigenvalue weighted by atomic mass is 10.2. The first-order valence-electron chi connectivity index (χ1n) is 7.03. The van der Waals surface area contributed by atoms with Crippen LogP contribution < -0.4 is 10.1 Å². The largest absolute Gasteiger partial charge is 0.478 e. The average molecular weight is 322 g/mol. The van der Waals surface area contributed by atoms with Crippen LogP contribution in [0.5, 0.6) is 5.75 Å². The molecule has 0 aliphatic carbocycles. The molecule has 0 radical (unpaired) electrons. The molecule has 2 rings (SSSR count). The van der Waals surface area contributed by atoms with Crippen molar-refractivity contribution < 1.29 is 13.9 Å². The molecule has 1 N–H and O–H groups in total. The van der Waals surface area contributed by atoms with E-state index in [0.29, 0.717) is 18.0 Å². The number of benzene rings is 2. The summed E-state index contributed by atoms with van der Waals surface area (Å²) in [5.41, 5.74) is 0.929. The Morgan fingerprint density at radius 2 is 1.91 bits per heavy atom. The van der Waals surface area contributed by atoms with Crippen LogP contribution in [-0.4, -0.2) is 12.0 Å². The minimum Gasteiger partial charge on any atom is -0.478 e. The number of hydrogen-bond donors (Lipinski definition) is 1. The van der Waals surface area contributed by atoms with Gasteiger partial charge in [-0.3, -0.25) is 4.79 Å². The molecule has 5 heteroatoms. The predicted molar refractivity (Wildman–Crippen MR) is 84.4 cm³/mol. The lowest BCUT2D eigenvalue weighted by Crippen LogP contribution is -2.37. The van der Waals surface area contributed by atoms with Gasteiger partial charge in [0.25, 0.3) is 5.91 Å². The van der Waals surface area contributed by atoms with E-state index in [1.165, 1.54) is 12.1 Å². The van der Waals surface area contributed by atoms with Crippen LogP contribution in [0.4, 0.5) is 4.39 Å². The van der Waals surface area contributed by atoms with E-state index >= 15 is 0 Å². The Labute approximate surface area is 134 Å². The molecule has 3 nitrogen and oxygen atoms in total. The third-order valence-corrected chi connectivity index (χ3v) is 3.40. The van der Waals surface area contributed by atoms with E-state index in [2.05, 4.69) is 5.32 Å². The van der Waals surface area contributed by atoms with Crippen molar-refractivity contribution in [3.05, 3.63) is 64.9 Å². The summed E-state index contributed by atoms with van der Waals surface area (Å²) in [5, 5.41) is 3.42. The number of para-hydroxylation sites is 1. The Hall–Kier alpha value is -2.07. The lowest BCUT2D eigenvalue weighted by molar-refractivity contribution is -0.128. The fraction of sp³-hybridized carbons (Fsp3) is 0.235. The van der Waals surface area contributed by atoms with Gasteiger partial charge >= 0.3 is 0 Å². The van der Waals surface area contributed by atoms with Crippen LogP contribution in [0.25, 0.3) is 0 Å². The Kier molecular flexibility index (Phi) is 5.78. The summed E-state index contributed by atoms with van der Waals surface area (Å²) in [6, 6.07) is 13.2. The predicted octanol–water partition coefficient (Wildman–Crippen LogP) is 3.95. The van der Waals surface area contributed by atoms with Crippen molar-refractivity contribution in [2.75, 3.05) is 0 Å². The molecule has 0 unspecified atom stereocenters. The number of nitrogens with one attached hydrogen (secondary N) is 1. The van der Waals surface area contributed by atoms with Gasteiger partial charge in [-0.25, -0.2) is 4.39 Å². The molecule has 0 fully saturated rings. The second kappa shape index (κ2) is 7.80. The minimum atomic E-state index is -0.732. The summed E-state index contributed by atoms with van der Waals surface area (Å²) < 4.78 is 19.0. The molecule has 0 saturated carbocycles. The van der Waals surface area contributed by atoms with Crippen molar-refractivity contribution in [2.24, 2.45) is 0 Å². The maximum atomic E-state index is 13.6. The average Bonchev–Trinajstić information content (AvgIpc) is 2.53. The van der Waals surface area contributed by atoms with Gasteiger partial charge in [-0.1, -0.05) is 42.8 Å². The number of rotatable bonds is 6. The van der Waals surface area contributed by atoms with Crippen LogP contribution in [-0.2, 0) is 11.3 Å². The van der Waals surface area contributed by atoms with Crippen molar-refractivity contribution in [3.8, 4) is 5.75 Å². The molecule has 1 atom stereocenters. The molecule has 1 amide bonds. The normalized spacial score (nSPS) is 11.8. The molecule has 0 aliphatic heterocycles. The summed E-state index contributed by atoms with van der Waals surface area (Å²) in [6.07, 6.45) is -0.287. The number of amides is 1. The van der Waals surface area contributed by atoms with Gasteiger partial charge in [0.05, 0.1) is 0 Å². The fourth-order valence-electron chi connectivity index (χ4n) is 1.92. The SMILES string of the molecule is CC[C@H](Oc1ccccc1F)C(=O)NCc1ccc(Cl)cc1. The lowest BCUT2D eigenvalue weighted by Gasteiger charge is -2.17. The monoisotopic (exact) mass is 321 g/mol. The number of halogens is 2. The van der Waals surface area contributed by atoms with Crippen molar-refractivity contribution in [1.82, 2.24) is 5.32 Å². The highest BCUT2D eigenvalue weighted by Gasteiger charge is 2.19. The van der Waals surface area contributed by atoms with Crippen molar-refractivity contribution >= 4 is 17.5 Å². The van der Waals surface area contributed by atoms with Gasteiger partial charge in [-0.05, 0) is 36.2 Å². The van der Waals surface area contributed by atoms with Gasteiger partial charge in [0.2, 0.25) is 0 Å². The quantitative estimate of drug-likeness (QED) is 0.874. The van der Waals surface area contributed by atoms with Crippen molar-refractivity contribution in [2.45, 2.75) is 26.0 Å². The maximum Gasteiger partial charge on any atom is 0.261 e. The first-order chi connectivity index (χ1) is 10.6. The smallest absolute Gasteiger partial charge is 0.261 e. The summed E-state index contributed by atoms with van der Waals surface area (Å²) in [7, 11) is 0. The fourth-order valence-corrected chi connectivity index (χ4v) is 2.05. The Morgan fingerprint density at radius 3 is 2.55 bits per heavy atom. The van der Waals surface area contributed by atoms with E-state index in [-0.39, 0.29) is 11.7 Å². The standard InChI is InChI=1S/C17H17ClFNO2/c1-2-15(22-16-6-4-3-5-14(16)19)17(21)20-11-12-7-9-13(18)10-8-12/h3-10,15H,2,11H2,1H3,(H,20,21)/t15-/m0/s1. The summed E-state index contributed by atoms with van der Waals surface area (Å²) in [6.45, 7) is 2.18. The van der Waals surface area contributed by atoms with E-state index in [1.54, 1.807) is 24.3 Å². The topological polar surface area (TPSA) is 38.3 Å². The molecule has 0 heterocycles. The highest BCUT2D eigenvalue weighted by Crippen LogP contribution is 2.18. The first kappa shape index (κ1) is 16.3. The summed E-state index contributed by atoms with van der Waals surface area (Å²) in [5.74, 6) is -0.678. The van der Waals surface area contributed by atoms with E-state index in [0.717, 1.165) is 5.56 Å². The van der Waals surface area contributed by atoms with E-state index < -0.39 is 11.9 Å². The summed E-state index contributed by atoms with van der Waals surface area (Å²) in [4.78, 5) is 12.1. The highest BCUT2D eigenvalue weighted by molar-refractivity contribution is 6.30. The van der Waals surface area contributed by atoms with E-state index in [1.807, 2.05) is 19.1 Å². The van der Waals surface area contributed by atoms with E-state index in [9.17, 15) is 9.18 Å². The molecule has 0 bridgehead atoms. The second-order valence-electron chi connectivity index (χ2n) is 4.79. The third kappa shape index (κ3) is 4.46. The maximum absolute atomic E-state index is 13.6. The zero-order valence-electron chi connectivity index (χ0n) is 12.2. The first-order valence-corrected chi connectivity index (χ1v) is 7.41. The zero-order valence-corrected chi connectivity index (χ0v) is 12.9. The molecule has 0 spiro atoms. The molecule has 22 heavy (non-hydrogen) atoms. The third-order valence-electron chi connectivity index (χ3n) is 3.15. The van der Waals surface area contributed by atoms with Crippen molar-refractivity contribution in [3.63, 3.8) is 0 Å². The van der Waals surface area contributed by atoms with Crippen LogP contribution in [0.15, 0.2) is 48.5 Å². The molecular weight excluding hydrogens is 305 g/mol. The number of ether oxygens (including phenoxy) is 1. The van der Waals surface area contributed by atoms with Gasteiger partial charge in [0, 0.05) is 11.6 Å². The zero-order chi connectivity index (χ0) is 15.9. The Bertz CT molecular complexity index is 631. The summed E-state index contributed by atoms with van der Waals surface area (Å²) >= 11 is 5.81. The number of carbonyl (C=O) groups excluding carboxylic acids is 1. The molecular formula is C17H17ClFNO2. The van der Waals surface area contributed by atoms with Gasteiger partial charge in [0.1, 0.15) is 0 Å². The van der Waals surface area contributed by atoms with Gasteiger partial charge in [-0.2, -0.15) is 0 Å². The van der Waals surface area contributed by atoms with Crippen LogP contribution in [0.2, 0.25) is 5.02 Å². The van der Waals surface area contributed by atoms with Gasteiger partial charge < -0.3 is 10.1 Å². The number of hydrogen-bond acceptors (Lipinski definition) is 2. The molecule has 0 saturated heterocycles. The van der Waals surface area contributed by atoms with E-state index in [4.69, 9.17) is 16.3 Å². The van der Waals surface area contributed by atoms with Crippen LogP contribution in [0, 0.1) is 5.82 Å². The second-order valence-corrected chi connectivity index (χ2v) is 5.23. The Balaban J connectivity index is 1.94. The highest BCUT2D eigenvalue weighted by atomic mass is 35.5. The van der Waals surface area contributed by atoms with Gasteiger partial charge in [-0.15, -0.1) is 0 Å². The van der Waals surface area contributed by atoms with Crippen LogP contribution in [0.3, 0.4) is 0 Å².